The maximum atomic E-state index is 12.2. The predicted octanol–water partition coefficient (Wildman–Crippen LogP) is 2.43. The third-order valence-electron chi connectivity index (χ3n) is 3.49. The van der Waals surface area contributed by atoms with Gasteiger partial charge < -0.3 is 10.6 Å². The summed E-state index contributed by atoms with van der Waals surface area (Å²) in [5, 5.41) is 5.73. The van der Waals surface area contributed by atoms with E-state index in [0.717, 1.165) is 31.5 Å². The highest BCUT2D eigenvalue weighted by atomic mass is 16.2. The molecular weight excluding hydrogens is 290 g/mol. The van der Waals surface area contributed by atoms with E-state index in [1.807, 2.05) is 43.0 Å². The lowest BCUT2D eigenvalue weighted by Crippen LogP contribution is -2.41. The van der Waals surface area contributed by atoms with E-state index in [4.69, 9.17) is 0 Å². The van der Waals surface area contributed by atoms with Gasteiger partial charge in [0.2, 0.25) is 11.8 Å². The van der Waals surface area contributed by atoms with Gasteiger partial charge in [-0.25, -0.2) is 0 Å². The average molecular weight is 319 g/mol. The summed E-state index contributed by atoms with van der Waals surface area (Å²) in [4.78, 5) is 25.9. The van der Waals surface area contributed by atoms with Crippen LogP contribution in [0.2, 0.25) is 0 Å². The molecule has 0 aliphatic carbocycles. The van der Waals surface area contributed by atoms with Crippen LogP contribution in [0.25, 0.3) is 0 Å². The number of benzene rings is 1. The highest BCUT2D eigenvalue weighted by molar-refractivity contribution is 5.92. The second kappa shape index (κ2) is 10.8. The third-order valence-corrected chi connectivity index (χ3v) is 3.49. The Morgan fingerprint density at radius 1 is 0.957 bits per heavy atom. The van der Waals surface area contributed by atoms with Crippen molar-refractivity contribution in [3.8, 4) is 0 Å². The number of hydrogen-bond acceptors (Lipinski definition) is 3. The van der Waals surface area contributed by atoms with Crippen molar-refractivity contribution in [1.82, 2.24) is 10.2 Å². The van der Waals surface area contributed by atoms with E-state index >= 15 is 0 Å². The van der Waals surface area contributed by atoms with Crippen LogP contribution in [-0.4, -0.2) is 42.9 Å². The molecule has 0 saturated carbocycles. The molecule has 1 rings (SSSR count). The molecule has 2 N–H and O–H groups in total. The molecule has 2 amide bonds. The molecule has 0 unspecified atom stereocenters. The molecule has 0 radical (unpaired) electrons. The zero-order chi connectivity index (χ0) is 17.1. The quantitative estimate of drug-likeness (QED) is 0.696. The highest BCUT2D eigenvalue weighted by Gasteiger charge is 2.13. The van der Waals surface area contributed by atoms with Gasteiger partial charge in [-0.15, -0.1) is 0 Å². The fourth-order valence-electron chi connectivity index (χ4n) is 2.28. The summed E-state index contributed by atoms with van der Waals surface area (Å²) in [5.41, 5.74) is 2.03. The Morgan fingerprint density at radius 2 is 1.61 bits per heavy atom. The molecule has 0 atom stereocenters. The van der Waals surface area contributed by atoms with E-state index in [9.17, 15) is 9.59 Å². The first-order chi connectivity index (χ1) is 11.1. The van der Waals surface area contributed by atoms with Crippen molar-refractivity contribution in [1.29, 1.82) is 0 Å². The molecule has 5 heteroatoms. The fourth-order valence-corrected chi connectivity index (χ4v) is 2.28. The van der Waals surface area contributed by atoms with Gasteiger partial charge in [0.1, 0.15) is 0 Å². The Hall–Kier alpha value is -1.88. The molecule has 128 valence electrons. The third kappa shape index (κ3) is 7.79. The van der Waals surface area contributed by atoms with E-state index in [0.29, 0.717) is 6.54 Å². The van der Waals surface area contributed by atoms with Crippen LogP contribution < -0.4 is 10.6 Å². The van der Waals surface area contributed by atoms with Crippen molar-refractivity contribution in [2.24, 2.45) is 0 Å². The zero-order valence-corrected chi connectivity index (χ0v) is 14.5. The van der Waals surface area contributed by atoms with Crippen LogP contribution in [0.4, 0.5) is 5.69 Å². The van der Waals surface area contributed by atoms with E-state index in [1.54, 1.807) is 0 Å². The number of amides is 2. The lowest BCUT2D eigenvalue weighted by Gasteiger charge is -2.20. The van der Waals surface area contributed by atoms with Crippen LogP contribution in [0.1, 0.15) is 39.2 Å². The van der Waals surface area contributed by atoms with E-state index in [1.165, 1.54) is 5.56 Å². The van der Waals surface area contributed by atoms with Crippen LogP contribution in [0.5, 0.6) is 0 Å². The van der Waals surface area contributed by atoms with Crippen molar-refractivity contribution >= 4 is 17.5 Å². The zero-order valence-electron chi connectivity index (χ0n) is 14.5. The van der Waals surface area contributed by atoms with Crippen molar-refractivity contribution in [2.45, 2.75) is 40.0 Å². The highest BCUT2D eigenvalue weighted by Crippen LogP contribution is 2.10. The summed E-state index contributed by atoms with van der Waals surface area (Å²) in [7, 11) is 0. The molecule has 0 fully saturated rings. The Kier molecular flexibility index (Phi) is 8.98. The van der Waals surface area contributed by atoms with Crippen LogP contribution >= 0.6 is 0 Å². The maximum absolute atomic E-state index is 12.2. The molecule has 0 bridgehead atoms. The first-order valence-electron chi connectivity index (χ1n) is 8.46. The lowest BCUT2D eigenvalue weighted by atomic mass is 10.1. The summed E-state index contributed by atoms with van der Waals surface area (Å²) in [6, 6.07) is 7.85. The van der Waals surface area contributed by atoms with Gasteiger partial charge in [0.05, 0.1) is 13.1 Å². The Labute approximate surface area is 139 Å². The van der Waals surface area contributed by atoms with Crippen LogP contribution in [0, 0.1) is 0 Å². The topological polar surface area (TPSA) is 61.4 Å². The molecule has 0 spiro atoms. The molecule has 0 aliphatic heterocycles. The van der Waals surface area contributed by atoms with E-state index in [2.05, 4.69) is 17.6 Å². The lowest BCUT2D eigenvalue weighted by molar-refractivity contribution is -0.123. The number of carbonyl (C=O) groups is 2. The summed E-state index contributed by atoms with van der Waals surface area (Å²) < 4.78 is 0. The maximum Gasteiger partial charge on any atom is 0.238 e. The number of nitrogens with zero attached hydrogens (tertiary/aromatic N) is 1. The molecule has 0 aliphatic rings. The second-order valence-corrected chi connectivity index (χ2v) is 5.66. The largest absolute Gasteiger partial charge is 0.355 e. The Balaban J connectivity index is 2.50. The Bertz CT molecular complexity index is 486. The van der Waals surface area contributed by atoms with Crippen molar-refractivity contribution in [3.63, 3.8) is 0 Å². The van der Waals surface area contributed by atoms with Gasteiger partial charge in [0.15, 0.2) is 0 Å². The number of rotatable bonds is 10. The summed E-state index contributed by atoms with van der Waals surface area (Å²) in [5.74, 6) is -0.119. The number of carbonyl (C=O) groups excluding carboxylic acids is 2. The molecule has 0 saturated heterocycles. The van der Waals surface area contributed by atoms with Gasteiger partial charge in [0, 0.05) is 12.2 Å². The smallest absolute Gasteiger partial charge is 0.238 e. The van der Waals surface area contributed by atoms with Gasteiger partial charge in [0.25, 0.3) is 0 Å². The van der Waals surface area contributed by atoms with Crippen molar-refractivity contribution < 1.29 is 9.59 Å². The van der Waals surface area contributed by atoms with Crippen LogP contribution in [0.3, 0.4) is 0 Å². The van der Waals surface area contributed by atoms with Crippen LogP contribution in [-0.2, 0) is 16.0 Å². The molecule has 0 heterocycles. The molecule has 1 aromatic carbocycles. The normalized spacial score (nSPS) is 10.6. The first kappa shape index (κ1) is 19.2. The van der Waals surface area contributed by atoms with Gasteiger partial charge in [-0.3, -0.25) is 14.5 Å². The fraction of sp³-hybridized carbons (Fsp3) is 0.556. The summed E-state index contributed by atoms with van der Waals surface area (Å²) in [6.45, 7) is 8.04. The van der Waals surface area contributed by atoms with Crippen molar-refractivity contribution in [2.75, 3.05) is 31.5 Å². The Morgan fingerprint density at radius 3 is 2.17 bits per heavy atom. The van der Waals surface area contributed by atoms with Gasteiger partial charge in [-0.1, -0.05) is 32.9 Å². The first-order valence-corrected chi connectivity index (χ1v) is 8.46. The number of nitrogens with one attached hydrogen (secondary N) is 2. The minimum absolute atomic E-state index is 0.0274. The van der Waals surface area contributed by atoms with Crippen molar-refractivity contribution in [3.05, 3.63) is 29.8 Å². The van der Waals surface area contributed by atoms with Gasteiger partial charge in [-0.2, -0.15) is 0 Å². The average Bonchev–Trinajstić information content (AvgIpc) is 2.53. The predicted molar refractivity (Wildman–Crippen MR) is 94.5 cm³/mol. The van der Waals surface area contributed by atoms with Gasteiger partial charge in [-0.05, 0) is 43.5 Å². The molecule has 5 nitrogen and oxygen atoms in total. The minimum Gasteiger partial charge on any atom is -0.355 e. The van der Waals surface area contributed by atoms with Gasteiger partial charge >= 0.3 is 0 Å². The molecule has 0 aromatic heterocycles. The summed E-state index contributed by atoms with van der Waals surface area (Å²) >= 11 is 0. The second-order valence-electron chi connectivity index (χ2n) is 5.66. The van der Waals surface area contributed by atoms with E-state index in [-0.39, 0.29) is 24.9 Å². The SMILES string of the molecule is CCCNC(=O)CN(CCC)CC(=O)Nc1ccc(CC)cc1. The minimum atomic E-state index is -0.0917. The standard InChI is InChI=1S/C18H29N3O2/c1-4-11-19-17(22)13-21(12-5-2)14-18(23)20-16-9-7-15(6-3)8-10-16/h7-10H,4-6,11-14H2,1-3H3,(H,19,22)(H,20,23). The van der Waals surface area contributed by atoms with E-state index < -0.39 is 0 Å². The number of aryl methyl sites for hydroxylation is 1. The number of hydrogen-bond donors (Lipinski definition) is 2. The number of anilines is 1. The summed E-state index contributed by atoms with van der Waals surface area (Å²) in [6.07, 6.45) is 2.79. The molecule has 23 heavy (non-hydrogen) atoms. The molecular formula is C18H29N3O2. The monoisotopic (exact) mass is 319 g/mol. The van der Waals surface area contributed by atoms with Crippen LogP contribution in [0.15, 0.2) is 24.3 Å². The molecule has 1 aromatic rings.